The highest BCUT2D eigenvalue weighted by Gasteiger charge is 2.21. The van der Waals surface area contributed by atoms with Crippen LogP contribution in [0.1, 0.15) is 80.4 Å². The largest absolute Gasteiger partial charge is 0.387 e. The molecule has 6 N–H and O–H groups in total. The van der Waals surface area contributed by atoms with Crippen LogP contribution in [-0.2, 0) is 42.3 Å². The number of aromatic nitrogens is 12. The van der Waals surface area contributed by atoms with Crippen molar-refractivity contribution in [3.8, 4) is 0 Å². The molecular weight excluding hydrogens is 1450 g/mol. The van der Waals surface area contributed by atoms with Crippen LogP contribution in [0, 0.1) is 47.5 Å². The van der Waals surface area contributed by atoms with Gasteiger partial charge in [-0.15, -0.1) is 0 Å². The maximum atomic E-state index is 12.2. The first-order valence-electron chi connectivity index (χ1n) is 36.4. The summed E-state index contributed by atoms with van der Waals surface area (Å²) in [5, 5.41) is 23.8. The molecule has 2 aliphatic rings. The Balaban J connectivity index is 0.000000150. The van der Waals surface area contributed by atoms with Gasteiger partial charge in [0, 0.05) is 123 Å². The van der Waals surface area contributed by atoms with E-state index >= 15 is 0 Å². The number of likely N-dealkylation sites (tertiary alicyclic amines) is 1. The molecule has 0 unspecified atom stereocenters. The van der Waals surface area contributed by atoms with Gasteiger partial charge in [0.1, 0.15) is 34.9 Å². The molecule has 26 nitrogen and oxygen atoms in total. The van der Waals surface area contributed by atoms with Crippen molar-refractivity contribution in [3.05, 3.63) is 204 Å². The number of rotatable bonds is 16. The van der Waals surface area contributed by atoms with Crippen molar-refractivity contribution in [2.24, 2.45) is 48.2 Å². The third kappa shape index (κ3) is 20.3. The number of nitrogens with one attached hydrogen (secondary N) is 6. The standard InChI is InChI=1S/C17H24N4O.C14H20N4O.C14H17N3O.C13H17N3O.C11H12BrN3O.C11H12ClN3O/c1-13-19-16-12-14(6-7-15(16)17(22)20(13)2)18-8-11-21-9-4-3-5-10-21;1-10-16-13-9-11(15-7-8-17(2)3)5-6-12(13)14(19)18(10)4;1-9-16-13-7-11(15-8-10-3-4-10)5-6-12(13)14(18)17(9)2;1-4-7-14-10-5-6-11-12(8-10)15-9(2)16(3)13(11)17;2*1-6-14-9-5-10(13-2)8(12)4-7(9)11(16)15(6)3/h6-7,12,18H,3-5,8-11H2,1-2H3;5-6,9,15H,7-8H2,1-4H3;5-7,10,15H,3-4,8H2,1-2H3;5-6,8,14H,4,7H2,1-3H3;2*4-5,13H,1-3H3. The molecule has 572 valence electrons. The average molecular weight is 1560 g/mol. The van der Waals surface area contributed by atoms with Gasteiger partial charge in [0.25, 0.3) is 33.4 Å². The summed E-state index contributed by atoms with van der Waals surface area (Å²) in [6.45, 7) is 21.3. The Labute approximate surface area is 641 Å². The Bertz CT molecular complexity index is 5530. The predicted molar refractivity (Wildman–Crippen MR) is 448 cm³/mol. The molecule has 0 amide bonds. The summed E-state index contributed by atoms with van der Waals surface area (Å²) in [6.07, 6.45) is 7.75. The molecule has 2 fully saturated rings. The zero-order chi connectivity index (χ0) is 78.4. The summed E-state index contributed by atoms with van der Waals surface area (Å²) in [5.74, 6) is 5.16. The van der Waals surface area contributed by atoms with E-state index in [-0.39, 0.29) is 33.4 Å². The Morgan fingerprint density at radius 3 is 1.10 bits per heavy atom. The summed E-state index contributed by atoms with van der Waals surface area (Å²) < 4.78 is 10.2. The van der Waals surface area contributed by atoms with Gasteiger partial charge in [-0.2, -0.15) is 0 Å². The fourth-order valence-electron chi connectivity index (χ4n) is 12.0. The van der Waals surface area contributed by atoms with Gasteiger partial charge >= 0.3 is 0 Å². The summed E-state index contributed by atoms with van der Waals surface area (Å²) in [7, 11) is 18.1. The SMILES string of the molecule is CCCNc1ccc2c(=O)n(C)c(C)nc2c1.CNc1cc2nc(C)n(C)c(=O)c2cc1Br.CNc1cc2nc(C)n(C)c(=O)c2cc1Cl.Cc1nc2cc(NCC3CC3)ccc2c(=O)n1C.Cc1nc2cc(NCCN(C)C)ccc2c(=O)n1C.Cc1nc2cc(NCCN3CCCCC3)ccc2c(=O)n1C. The molecule has 6 aromatic heterocycles. The second-order valence-electron chi connectivity index (χ2n) is 27.6. The molecule has 1 saturated heterocycles. The Kier molecular flexibility index (Phi) is 28.0. The normalized spacial score (nSPS) is 12.6. The van der Waals surface area contributed by atoms with E-state index in [1.165, 1.54) is 49.8 Å². The first kappa shape index (κ1) is 81.7. The van der Waals surface area contributed by atoms with Gasteiger partial charge in [0.05, 0.1) is 81.8 Å². The number of piperidine rings is 1. The van der Waals surface area contributed by atoms with E-state index in [1.807, 2.05) is 135 Å². The van der Waals surface area contributed by atoms with Gasteiger partial charge in [0.2, 0.25) is 0 Å². The molecule has 108 heavy (non-hydrogen) atoms. The van der Waals surface area contributed by atoms with Crippen LogP contribution in [0.25, 0.3) is 65.4 Å². The topological polar surface area (TPSA) is 288 Å². The third-order valence-electron chi connectivity index (χ3n) is 19.5. The molecule has 1 aliphatic carbocycles. The molecule has 6 aromatic carbocycles. The first-order chi connectivity index (χ1) is 51.5. The zero-order valence-corrected chi connectivity index (χ0v) is 67.5. The van der Waals surface area contributed by atoms with Crippen molar-refractivity contribution in [1.29, 1.82) is 0 Å². The minimum absolute atomic E-state index is 0.00217. The van der Waals surface area contributed by atoms with Gasteiger partial charge in [-0.25, -0.2) is 29.9 Å². The van der Waals surface area contributed by atoms with E-state index in [4.69, 9.17) is 11.6 Å². The van der Waals surface area contributed by atoms with E-state index in [9.17, 15) is 28.8 Å². The lowest BCUT2D eigenvalue weighted by Gasteiger charge is -2.26. The van der Waals surface area contributed by atoms with Gasteiger partial charge in [-0.1, -0.05) is 24.9 Å². The van der Waals surface area contributed by atoms with Crippen LogP contribution >= 0.6 is 27.5 Å². The van der Waals surface area contributed by atoms with Crippen molar-refractivity contribution in [1.82, 2.24) is 67.1 Å². The quantitative estimate of drug-likeness (QED) is 0.0524. The van der Waals surface area contributed by atoms with Crippen molar-refractivity contribution in [2.75, 3.05) is 112 Å². The number of likely N-dealkylation sites (N-methyl/N-ethyl adjacent to an activating group) is 1. The maximum Gasteiger partial charge on any atom is 0.261 e. The predicted octanol–water partition coefficient (Wildman–Crippen LogP) is 11.5. The highest BCUT2D eigenvalue weighted by atomic mass is 79.9. The molecule has 0 radical (unpaired) electrons. The van der Waals surface area contributed by atoms with Gasteiger partial charge < -0.3 is 41.7 Å². The maximum absolute atomic E-state index is 12.2. The van der Waals surface area contributed by atoms with E-state index in [1.54, 1.807) is 97.3 Å². The van der Waals surface area contributed by atoms with E-state index in [0.717, 1.165) is 136 Å². The van der Waals surface area contributed by atoms with Crippen LogP contribution in [-0.4, -0.2) is 148 Å². The van der Waals surface area contributed by atoms with Gasteiger partial charge in [-0.05, 0) is 220 Å². The summed E-state index contributed by atoms with van der Waals surface area (Å²) >= 11 is 9.45. The minimum atomic E-state index is -0.0768. The molecule has 12 aromatic rings. The zero-order valence-electron chi connectivity index (χ0n) is 65.2. The fraction of sp³-hybridized carbons (Fsp3) is 0.400. The van der Waals surface area contributed by atoms with Crippen molar-refractivity contribution in [2.45, 2.75) is 87.0 Å². The number of benzene rings is 6. The van der Waals surface area contributed by atoms with Gasteiger partial charge in [0.15, 0.2) is 0 Å². The smallest absolute Gasteiger partial charge is 0.261 e. The molecule has 1 aliphatic heterocycles. The molecule has 1 saturated carbocycles. The van der Waals surface area contributed by atoms with Crippen LogP contribution in [0.2, 0.25) is 5.02 Å². The average Bonchev–Trinajstić information content (AvgIpc) is 0.865. The highest BCUT2D eigenvalue weighted by Crippen LogP contribution is 2.30. The summed E-state index contributed by atoms with van der Waals surface area (Å²) in [5.41, 5.74) is 10.2. The van der Waals surface area contributed by atoms with Crippen molar-refractivity contribution in [3.63, 3.8) is 0 Å². The third-order valence-corrected chi connectivity index (χ3v) is 20.5. The highest BCUT2D eigenvalue weighted by molar-refractivity contribution is 9.10. The monoisotopic (exact) mass is 1550 g/mol. The summed E-state index contributed by atoms with van der Waals surface area (Å²) in [6, 6.07) is 30.1. The number of hydrogen-bond donors (Lipinski definition) is 6. The second-order valence-corrected chi connectivity index (χ2v) is 28.8. The van der Waals surface area contributed by atoms with Crippen LogP contribution in [0.3, 0.4) is 0 Å². The molecule has 28 heteroatoms. The molecule has 0 atom stereocenters. The Hall–Kier alpha value is -10.4. The van der Waals surface area contributed by atoms with Crippen LogP contribution in [0.4, 0.5) is 34.1 Å². The number of nitrogens with zero attached hydrogens (tertiary/aromatic N) is 14. The number of hydrogen-bond acceptors (Lipinski definition) is 20. The Morgan fingerprint density at radius 1 is 0.426 bits per heavy atom. The van der Waals surface area contributed by atoms with Crippen molar-refractivity contribution >= 4 is 127 Å². The van der Waals surface area contributed by atoms with E-state index in [0.29, 0.717) is 60.0 Å². The lowest BCUT2D eigenvalue weighted by molar-refractivity contribution is 0.237. The Morgan fingerprint density at radius 2 is 0.750 bits per heavy atom. The molecule has 7 heterocycles. The van der Waals surface area contributed by atoms with E-state index < -0.39 is 0 Å². The lowest BCUT2D eigenvalue weighted by atomic mass is 10.1. The van der Waals surface area contributed by atoms with Crippen LogP contribution in [0.15, 0.2) is 130 Å². The van der Waals surface area contributed by atoms with Crippen LogP contribution < -0.4 is 65.3 Å². The summed E-state index contributed by atoms with van der Waals surface area (Å²) in [4.78, 5) is 103. The van der Waals surface area contributed by atoms with E-state index in [2.05, 4.69) is 94.5 Å². The number of anilines is 6. The second kappa shape index (κ2) is 37.0. The van der Waals surface area contributed by atoms with Crippen molar-refractivity contribution < 1.29 is 0 Å². The van der Waals surface area contributed by atoms with Gasteiger partial charge in [-0.3, -0.25) is 56.2 Å². The number of halogens is 2. The first-order valence-corrected chi connectivity index (χ1v) is 37.6. The lowest BCUT2D eigenvalue weighted by Crippen LogP contribution is -2.33. The molecular formula is C80H102BrClN20O6. The molecule has 0 spiro atoms. The number of fused-ring (bicyclic) bond motifs is 6. The molecule has 0 bridgehead atoms. The van der Waals surface area contributed by atoms with Crippen LogP contribution in [0.5, 0.6) is 0 Å². The number of aryl methyl sites for hydroxylation is 6. The fourth-order valence-corrected chi connectivity index (χ4v) is 12.8. The minimum Gasteiger partial charge on any atom is -0.387 e. The molecule has 14 rings (SSSR count).